The van der Waals surface area contributed by atoms with E-state index in [4.69, 9.17) is 4.74 Å². The van der Waals surface area contributed by atoms with E-state index in [9.17, 15) is 14.0 Å². The van der Waals surface area contributed by atoms with Gasteiger partial charge in [-0.3, -0.25) is 9.59 Å². The molecule has 3 rings (SSSR count). The highest BCUT2D eigenvalue weighted by Crippen LogP contribution is 2.30. The lowest BCUT2D eigenvalue weighted by Crippen LogP contribution is -2.12. The van der Waals surface area contributed by atoms with E-state index in [0.717, 1.165) is 12.8 Å². The molecule has 0 spiro atoms. The highest BCUT2D eigenvalue weighted by atomic mass is 19.1. The van der Waals surface area contributed by atoms with Crippen LogP contribution in [0.1, 0.15) is 49.4 Å². The maximum Gasteiger partial charge on any atom is 0.311 e. The van der Waals surface area contributed by atoms with Gasteiger partial charge in [-0.2, -0.15) is 0 Å². The van der Waals surface area contributed by atoms with Crippen LogP contribution >= 0.6 is 0 Å². The molecule has 0 N–H and O–H groups in total. The monoisotopic (exact) mass is 340 g/mol. The van der Waals surface area contributed by atoms with E-state index in [0.29, 0.717) is 34.8 Å². The molecule has 0 heterocycles. The van der Waals surface area contributed by atoms with E-state index in [-0.39, 0.29) is 11.8 Å². The molecule has 1 fully saturated rings. The van der Waals surface area contributed by atoms with Crippen molar-refractivity contribution in [2.24, 2.45) is 5.92 Å². The number of esters is 1. The van der Waals surface area contributed by atoms with Crippen molar-refractivity contribution in [1.82, 2.24) is 0 Å². The Bertz CT molecular complexity index is 791. The van der Waals surface area contributed by atoms with Crippen LogP contribution in [0, 0.1) is 11.7 Å². The van der Waals surface area contributed by atoms with Gasteiger partial charge >= 0.3 is 5.97 Å². The Morgan fingerprint density at radius 2 is 1.88 bits per heavy atom. The largest absolute Gasteiger partial charge is 0.426 e. The SMILES string of the molecule is CC(=O)c1cccc(-c2cc(OC(=O)CC3CCCC3)ccc2F)c1. The Kier molecular flexibility index (Phi) is 5.27. The number of benzene rings is 2. The highest BCUT2D eigenvalue weighted by Gasteiger charge is 2.20. The second-order valence-electron chi connectivity index (χ2n) is 6.61. The van der Waals surface area contributed by atoms with Gasteiger partial charge in [-0.25, -0.2) is 4.39 Å². The maximum atomic E-state index is 14.2. The number of carbonyl (C=O) groups excluding carboxylic acids is 2. The molecule has 130 valence electrons. The lowest BCUT2D eigenvalue weighted by atomic mass is 10.0. The van der Waals surface area contributed by atoms with Crippen molar-refractivity contribution in [2.75, 3.05) is 0 Å². The fourth-order valence-corrected chi connectivity index (χ4v) is 3.32. The molecule has 25 heavy (non-hydrogen) atoms. The van der Waals surface area contributed by atoms with Crippen molar-refractivity contribution >= 4 is 11.8 Å². The molecule has 1 aliphatic carbocycles. The quantitative estimate of drug-likeness (QED) is 0.428. The lowest BCUT2D eigenvalue weighted by molar-refractivity contribution is -0.135. The van der Waals surface area contributed by atoms with Crippen LogP contribution in [0.2, 0.25) is 0 Å². The number of hydrogen-bond acceptors (Lipinski definition) is 3. The molecule has 0 saturated heterocycles. The van der Waals surface area contributed by atoms with E-state index in [1.54, 1.807) is 24.3 Å². The van der Waals surface area contributed by atoms with Gasteiger partial charge in [-0.05, 0) is 55.5 Å². The molecule has 1 saturated carbocycles. The summed E-state index contributed by atoms with van der Waals surface area (Å²) in [4.78, 5) is 23.6. The van der Waals surface area contributed by atoms with Gasteiger partial charge in [-0.15, -0.1) is 0 Å². The van der Waals surface area contributed by atoms with Gasteiger partial charge in [0.2, 0.25) is 0 Å². The van der Waals surface area contributed by atoms with Crippen LogP contribution in [0.25, 0.3) is 11.1 Å². The summed E-state index contributed by atoms with van der Waals surface area (Å²) in [7, 11) is 0. The number of Topliss-reactive ketones (excluding diaryl/α,β-unsaturated/α-hetero) is 1. The second-order valence-corrected chi connectivity index (χ2v) is 6.61. The van der Waals surface area contributed by atoms with Crippen LogP contribution in [0.3, 0.4) is 0 Å². The van der Waals surface area contributed by atoms with E-state index in [1.807, 2.05) is 0 Å². The lowest BCUT2D eigenvalue weighted by Gasteiger charge is -2.11. The average Bonchev–Trinajstić information content (AvgIpc) is 3.09. The van der Waals surface area contributed by atoms with Crippen LogP contribution in [0.5, 0.6) is 5.75 Å². The van der Waals surface area contributed by atoms with Gasteiger partial charge in [0.25, 0.3) is 0 Å². The first-order valence-corrected chi connectivity index (χ1v) is 8.64. The Balaban J connectivity index is 1.79. The Labute approximate surface area is 146 Å². The smallest absolute Gasteiger partial charge is 0.311 e. The Hall–Kier alpha value is -2.49. The minimum Gasteiger partial charge on any atom is -0.426 e. The van der Waals surface area contributed by atoms with Gasteiger partial charge < -0.3 is 4.74 Å². The average molecular weight is 340 g/mol. The van der Waals surface area contributed by atoms with E-state index in [2.05, 4.69) is 0 Å². The van der Waals surface area contributed by atoms with Gasteiger partial charge in [0.05, 0.1) is 0 Å². The summed E-state index contributed by atoms with van der Waals surface area (Å²) in [6.45, 7) is 1.47. The molecule has 0 bridgehead atoms. The molecule has 2 aromatic carbocycles. The van der Waals surface area contributed by atoms with Crippen molar-refractivity contribution < 1.29 is 18.7 Å². The van der Waals surface area contributed by atoms with Crippen molar-refractivity contribution in [3.05, 3.63) is 53.8 Å². The van der Waals surface area contributed by atoms with Gasteiger partial charge in [0, 0.05) is 17.5 Å². The molecular weight excluding hydrogens is 319 g/mol. The molecule has 3 nitrogen and oxygen atoms in total. The fraction of sp³-hybridized carbons (Fsp3) is 0.333. The third-order valence-corrected chi connectivity index (χ3v) is 4.68. The summed E-state index contributed by atoms with van der Waals surface area (Å²) in [6.07, 6.45) is 4.89. The van der Waals surface area contributed by atoms with Crippen LogP contribution in [-0.2, 0) is 4.79 Å². The Morgan fingerprint density at radius 1 is 1.12 bits per heavy atom. The molecule has 0 aromatic heterocycles. The Morgan fingerprint density at radius 3 is 2.60 bits per heavy atom. The topological polar surface area (TPSA) is 43.4 Å². The molecule has 0 aliphatic heterocycles. The number of hydrogen-bond donors (Lipinski definition) is 0. The van der Waals surface area contributed by atoms with E-state index >= 15 is 0 Å². The first kappa shape index (κ1) is 17.3. The first-order valence-electron chi connectivity index (χ1n) is 8.64. The first-order chi connectivity index (χ1) is 12.0. The molecule has 0 radical (unpaired) electrons. The molecule has 4 heteroatoms. The molecule has 0 unspecified atom stereocenters. The number of ether oxygens (including phenoxy) is 1. The standard InChI is InChI=1S/C21H21FO3/c1-14(23)16-7-4-8-17(12-16)19-13-18(9-10-20(19)22)25-21(24)11-15-5-2-3-6-15/h4,7-10,12-13,15H,2-3,5-6,11H2,1H3. The van der Waals surface area contributed by atoms with Crippen molar-refractivity contribution in [3.63, 3.8) is 0 Å². The number of ketones is 1. The zero-order chi connectivity index (χ0) is 17.8. The zero-order valence-corrected chi connectivity index (χ0v) is 14.3. The summed E-state index contributed by atoms with van der Waals surface area (Å²) < 4.78 is 19.6. The third kappa shape index (κ3) is 4.32. The summed E-state index contributed by atoms with van der Waals surface area (Å²) in [6, 6.07) is 11.0. The van der Waals surface area contributed by atoms with Crippen molar-refractivity contribution in [3.8, 4) is 16.9 Å². The maximum absolute atomic E-state index is 14.2. The minimum atomic E-state index is -0.420. The highest BCUT2D eigenvalue weighted by molar-refractivity contribution is 5.95. The van der Waals surface area contributed by atoms with E-state index < -0.39 is 5.82 Å². The summed E-state index contributed by atoms with van der Waals surface area (Å²) in [5, 5.41) is 0. The third-order valence-electron chi connectivity index (χ3n) is 4.68. The van der Waals surface area contributed by atoms with Gasteiger partial charge in [0.15, 0.2) is 5.78 Å². The van der Waals surface area contributed by atoms with E-state index in [1.165, 1.54) is 38.0 Å². The summed E-state index contributed by atoms with van der Waals surface area (Å²) in [5.74, 6) is -0.0491. The summed E-state index contributed by atoms with van der Waals surface area (Å²) in [5.41, 5.74) is 1.41. The number of rotatable bonds is 5. The van der Waals surface area contributed by atoms with Crippen molar-refractivity contribution in [1.29, 1.82) is 0 Å². The number of halogens is 1. The predicted octanol–water partition coefficient (Wildman–Crippen LogP) is 5.18. The molecule has 0 atom stereocenters. The molecular formula is C21H21FO3. The van der Waals surface area contributed by atoms with Crippen LogP contribution in [0.15, 0.2) is 42.5 Å². The minimum absolute atomic E-state index is 0.0820. The molecule has 0 amide bonds. The summed E-state index contributed by atoms with van der Waals surface area (Å²) >= 11 is 0. The predicted molar refractivity (Wildman–Crippen MR) is 94.1 cm³/mol. The number of carbonyl (C=O) groups is 2. The fourth-order valence-electron chi connectivity index (χ4n) is 3.32. The normalized spacial score (nSPS) is 14.5. The second kappa shape index (κ2) is 7.60. The van der Waals surface area contributed by atoms with Crippen LogP contribution in [-0.4, -0.2) is 11.8 Å². The van der Waals surface area contributed by atoms with Crippen LogP contribution < -0.4 is 4.74 Å². The zero-order valence-electron chi connectivity index (χ0n) is 14.3. The van der Waals surface area contributed by atoms with Gasteiger partial charge in [-0.1, -0.05) is 31.0 Å². The van der Waals surface area contributed by atoms with Crippen molar-refractivity contribution in [2.45, 2.75) is 39.0 Å². The van der Waals surface area contributed by atoms with Crippen LogP contribution in [0.4, 0.5) is 4.39 Å². The van der Waals surface area contributed by atoms with Gasteiger partial charge in [0.1, 0.15) is 11.6 Å². The molecule has 2 aromatic rings. The molecule has 1 aliphatic rings.